The zero-order chi connectivity index (χ0) is 37.0. The molecule has 0 N–H and O–H groups in total. The summed E-state index contributed by atoms with van der Waals surface area (Å²) in [4.78, 5) is 2.39. The van der Waals surface area contributed by atoms with Gasteiger partial charge in [-0.25, -0.2) is 0 Å². The molecule has 1 heterocycles. The van der Waals surface area contributed by atoms with Crippen molar-refractivity contribution in [2.45, 2.75) is 0 Å². The van der Waals surface area contributed by atoms with Gasteiger partial charge in [-0.3, -0.25) is 0 Å². The Morgan fingerprint density at radius 1 is 0.304 bits per heavy atom. The highest BCUT2D eigenvalue weighted by molar-refractivity contribution is 6.16. The van der Waals surface area contributed by atoms with Crippen molar-refractivity contribution >= 4 is 71.3 Å². The van der Waals surface area contributed by atoms with E-state index in [9.17, 15) is 0 Å². The molecule has 0 aliphatic carbocycles. The van der Waals surface area contributed by atoms with Crippen LogP contribution in [-0.2, 0) is 0 Å². The average Bonchev–Trinajstić information content (AvgIpc) is 3.63. The number of hydrogen-bond donors (Lipinski definition) is 0. The third-order valence-electron chi connectivity index (χ3n) is 11.2. The van der Waals surface area contributed by atoms with E-state index in [-0.39, 0.29) is 0 Å². The first-order valence-corrected chi connectivity index (χ1v) is 19.2. The van der Waals surface area contributed by atoms with E-state index in [1.54, 1.807) is 0 Å². The van der Waals surface area contributed by atoms with E-state index in [1.807, 2.05) is 0 Å². The molecule has 2 nitrogen and oxygen atoms in total. The lowest BCUT2D eigenvalue weighted by Crippen LogP contribution is -2.11. The second-order valence-electron chi connectivity index (χ2n) is 14.5. The Hall–Kier alpha value is -7.42. The summed E-state index contributed by atoms with van der Waals surface area (Å²) in [6.07, 6.45) is 0. The molecule has 56 heavy (non-hydrogen) atoms. The maximum atomic E-state index is 6.54. The maximum Gasteiger partial charge on any atom is 0.136 e. The number of hydrogen-bond acceptors (Lipinski definition) is 2. The maximum absolute atomic E-state index is 6.54. The van der Waals surface area contributed by atoms with Crippen molar-refractivity contribution in [2.24, 2.45) is 0 Å². The zero-order valence-electron chi connectivity index (χ0n) is 30.6. The van der Waals surface area contributed by atoms with Gasteiger partial charge in [0.2, 0.25) is 0 Å². The number of rotatable bonds is 6. The molecular formula is C54H35NO. The Labute approximate surface area is 325 Å². The third-order valence-corrected chi connectivity index (χ3v) is 11.2. The van der Waals surface area contributed by atoms with Gasteiger partial charge in [-0.1, -0.05) is 152 Å². The first kappa shape index (κ1) is 32.0. The molecule has 1 aromatic heterocycles. The molecule has 0 unspecified atom stereocenters. The lowest BCUT2D eigenvalue weighted by Gasteiger charge is -2.28. The topological polar surface area (TPSA) is 16.4 Å². The molecule has 262 valence electrons. The molecule has 0 saturated carbocycles. The monoisotopic (exact) mass is 713 g/mol. The van der Waals surface area contributed by atoms with E-state index in [0.717, 1.165) is 50.1 Å². The molecule has 0 saturated heterocycles. The van der Waals surface area contributed by atoms with Gasteiger partial charge >= 0.3 is 0 Å². The second kappa shape index (κ2) is 13.2. The Balaban J connectivity index is 1.07. The third kappa shape index (κ3) is 5.51. The van der Waals surface area contributed by atoms with E-state index in [2.05, 4.69) is 217 Å². The van der Waals surface area contributed by atoms with Crippen molar-refractivity contribution in [2.75, 3.05) is 4.90 Å². The predicted octanol–water partition coefficient (Wildman–Crippen LogP) is 15.5. The molecule has 10 aromatic carbocycles. The number of furan rings is 1. The number of anilines is 3. The van der Waals surface area contributed by atoms with Crippen LogP contribution in [0, 0.1) is 0 Å². The number of benzene rings is 10. The number of nitrogens with zero attached hydrogens (tertiary/aromatic N) is 1. The van der Waals surface area contributed by atoms with Gasteiger partial charge in [0.25, 0.3) is 0 Å². The van der Waals surface area contributed by atoms with Gasteiger partial charge in [0.15, 0.2) is 0 Å². The Morgan fingerprint density at radius 3 is 1.36 bits per heavy atom. The fourth-order valence-corrected chi connectivity index (χ4v) is 8.40. The van der Waals surface area contributed by atoms with Gasteiger partial charge in [-0.15, -0.1) is 0 Å². The minimum absolute atomic E-state index is 0.883. The van der Waals surface area contributed by atoms with Crippen molar-refractivity contribution in [1.82, 2.24) is 0 Å². The van der Waals surface area contributed by atoms with E-state index < -0.39 is 0 Å². The van der Waals surface area contributed by atoms with Crippen molar-refractivity contribution in [3.8, 4) is 33.4 Å². The van der Waals surface area contributed by atoms with Crippen LogP contribution in [0.1, 0.15) is 0 Å². The summed E-state index contributed by atoms with van der Waals surface area (Å²) in [6.45, 7) is 0. The molecular weight excluding hydrogens is 679 g/mol. The second-order valence-corrected chi connectivity index (χ2v) is 14.5. The molecule has 0 bridgehead atoms. The summed E-state index contributed by atoms with van der Waals surface area (Å²) in [5, 5.41) is 9.59. The van der Waals surface area contributed by atoms with Gasteiger partial charge in [-0.2, -0.15) is 0 Å². The highest BCUT2D eigenvalue weighted by Gasteiger charge is 2.21. The molecule has 0 aliphatic rings. The molecule has 0 fully saturated rings. The number of fused-ring (bicyclic) bond motifs is 6. The van der Waals surface area contributed by atoms with Crippen LogP contribution in [0.25, 0.3) is 87.6 Å². The molecule has 11 rings (SSSR count). The zero-order valence-corrected chi connectivity index (χ0v) is 30.6. The molecule has 0 amide bonds. The SMILES string of the molecule is c1ccc(N(c2ccc(-c3ccc4ccccc4c3)cc2)c2ccc(-c3ccc4ccccc4c3)cc2)c(-c2cccc3oc4cc5ccccc5cc4c23)c1. The van der Waals surface area contributed by atoms with Gasteiger partial charge < -0.3 is 9.32 Å². The fraction of sp³-hybridized carbons (Fsp3) is 0. The van der Waals surface area contributed by atoms with Gasteiger partial charge in [0, 0.05) is 27.7 Å². The first-order valence-electron chi connectivity index (χ1n) is 19.2. The lowest BCUT2D eigenvalue weighted by molar-refractivity contribution is 0.669. The van der Waals surface area contributed by atoms with Crippen LogP contribution in [0.15, 0.2) is 217 Å². The van der Waals surface area contributed by atoms with Gasteiger partial charge in [0.1, 0.15) is 11.2 Å². The lowest BCUT2D eigenvalue weighted by atomic mass is 9.95. The number of para-hydroxylation sites is 1. The Bertz CT molecular complexity index is 3120. The van der Waals surface area contributed by atoms with Crippen LogP contribution in [0.5, 0.6) is 0 Å². The smallest absolute Gasteiger partial charge is 0.136 e. The minimum Gasteiger partial charge on any atom is -0.456 e. The molecule has 0 atom stereocenters. The van der Waals surface area contributed by atoms with Crippen molar-refractivity contribution in [3.05, 3.63) is 212 Å². The van der Waals surface area contributed by atoms with Crippen LogP contribution in [-0.4, -0.2) is 0 Å². The van der Waals surface area contributed by atoms with Crippen LogP contribution in [0.4, 0.5) is 17.1 Å². The summed E-state index contributed by atoms with van der Waals surface area (Å²) < 4.78 is 6.54. The summed E-state index contributed by atoms with van der Waals surface area (Å²) in [6, 6.07) is 76.6. The fourth-order valence-electron chi connectivity index (χ4n) is 8.40. The van der Waals surface area contributed by atoms with E-state index in [1.165, 1.54) is 54.6 Å². The first-order chi connectivity index (χ1) is 27.7. The minimum atomic E-state index is 0.883. The molecule has 0 spiro atoms. The highest BCUT2D eigenvalue weighted by atomic mass is 16.3. The normalized spacial score (nSPS) is 11.6. The van der Waals surface area contributed by atoms with Crippen LogP contribution in [0.3, 0.4) is 0 Å². The summed E-state index contributed by atoms with van der Waals surface area (Å²) in [7, 11) is 0. The van der Waals surface area contributed by atoms with Crippen LogP contribution >= 0.6 is 0 Å². The highest BCUT2D eigenvalue weighted by Crippen LogP contribution is 2.46. The largest absolute Gasteiger partial charge is 0.456 e. The van der Waals surface area contributed by atoms with E-state index in [4.69, 9.17) is 4.42 Å². The van der Waals surface area contributed by atoms with Gasteiger partial charge in [0.05, 0.1) is 5.69 Å². The van der Waals surface area contributed by atoms with Crippen LogP contribution < -0.4 is 4.90 Å². The predicted molar refractivity (Wildman–Crippen MR) is 237 cm³/mol. The molecule has 2 heteroatoms. The summed E-state index contributed by atoms with van der Waals surface area (Å²) in [5.41, 5.74) is 12.1. The van der Waals surface area contributed by atoms with E-state index >= 15 is 0 Å². The molecule has 0 radical (unpaired) electrons. The summed E-state index contributed by atoms with van der Waals surface area (Å²) >= 11 is 0. The van der Waals surface area contributed by atoms with Crippen LogP contribution in [0.2, 0.25) is 0 Å². The Kier molecular flexibility index (Phi) is 7.53. The van der Waals surface area contributed by atoms with Crippen molar-refractivity contribution < 1.29 is 4.42 Å². The quantitative estimate of drug-likeness (QED) is 0.171. The average molecular weight is 714 g/mol. The standard InChI is InChI=1S/C54H35NO/c1-3-12-40-32-44(22-20-36(40)10-1)38-24-28-46(29-25-38)55(47-30-26-39(27-31-47)45-23-21-37-11-2-4-13-41(37)33-45)51-18-8-7-16-48(51)49-17-9-19-52-54(49)50-34-42-14-5-6-15-43(42)35-53(50)56-52/h1-35H. The Morgan fingerprint density at radius 2 is 0.768 bits per heavy atom. The van der Waals surface area contributed by atoms with Crippen molar-refractivity contribution in [3.63, 3.8) is 0 Å². The van der Waals surface area contributed by atoms with Gasteiger partial charge in [-0.05, 0) is 121 Å². The summed E-state index contributed by atoms with van der Waals surface area (Å²) in [5.74, 6) is 0. The molecule has 0 aliphatic heterocycles. The van der Waals surface area contributed by atoms with Crippen molar-refractivity contribution in [1.29, 1.82) is 0 Å². The molecule has 11 aromatic rings. The van der Waals surface area contributed by atoms with E-state index in [0.29, 0.717) is 0 Å².